The molecule has 2 aromatic rings. The van der Waals surface area contributed by atoms with Gasteiger partial charge in [-0.25, -0.2) is 14.7 Å². The van der Waals surface area contributed by atoms with Crippen LogP contribution >= 0.6 is 0 Å². The van der Waals surface area contributed by atoms with Crippen molar-refractivity contribution in [1.29, 1.82) is 0 Å². The maximum atomic E-state index is 12.1. The molecular formula is C19H27N5O3. The van der Waals surface area contributed by atoms with E-state index in [0.29, 0.717) is 19.0 Å². The quantitative estimate of drug-likeness (QED) is 0.619. The summed E-state index contributed by atoms with van der Waals surface area (Å²) in [6, 6.07) is 10.2. The second-order valence-electron chi connectivity index (χ2n) is 7.67. The van der Waals surface area contributed by atoms with Gasteiger partial charge in [-0.05, 0) is 38.7 Å². The van der Waals surface area contributed by atoms with Gasteiger partial charge in [-0.3, -0.25) is 4.98 Å². The molecule has 3 rings (SSSR count). The fraction of sp³-hybridized carbons (Fsp3) is 0.526. The molecule has 1 aliphatic rings. The van der Waals surface area contributed by atoms with Crippen LogP contribution in [0.3, 0.4) is 0 Å². The van der Waals surface area contributed by atoms with Crippen molar-refractivity contribution in [3.63, 3.8) is 0 Å². The van der Waals surface area contributed by atoms with E-state index in [-0.39, 0.29) is 29.3 Å². The number of ether oxygens (including phenoxy) is 1. The van der Waals surface area contributed by atoms with Crippen LogP contribution in [0, 0.1) is 0 Å². The number of rotatable bonds is 6. The van der Waals surface area contributed by atoms with E-state index >= 15 is 0 Å². The minimum Gasteiger partial charge on any atom is -0.376 e. The van der Waals surface area contributed by atoms with E-state index in [2.05, 4.69) is 63.9 Å². The summed E-state index contributed by atoms with van der Waals surface area (Å²) in [7, 11) is 0. The van der Waals surface area contributed by atoms with Crippen molar-refractivity contribution in [1.82, 2.24) is 25.8 Å². The van der Waals surface area contributed by atoms with Crippen molar-refractivity contribution in [2.45, 2.75) is 50.7 Å². The third-order valence-electron chi connectivity index (χ3n) is 5.08. The molecule has 27 heavy (non-hydrogen) atoms. The van der Waals surface area contributed by atoms with Gasteiger partial charge in [0.05, 0.1) is 12.1 Å². The highest BCUT2D eigenvalue weighted by Gasteiger charge is 2.41. The number of carbonyl (C=O) groups excluding carboxylic acids is 1. The lowest BCUT2D eigenvalue weighted by Gasteiger charge is -2.45. The van der Waals surface area contributed by atoms with Crippen LogP contribution in [0.25, 0.3) is 0 Å². The molecular weight excluding hydrogens is 346 g/mol. The van der Waals surface area contributed by atoms with Crippen LogP contribution in [0.5, 0.6) is 0 Å². The first-order chi connectivity index (χ1) is 12.9. The molecule has 1 aromatic heterocycles. The molecule has 0 spiro atoms. The summed E-state index contributed by atoms with van der Waals surface area (Å²) < 4.78 is 5.92. The Morgan fingerprint density at radius 3 is 2.70 bits per heavy atom. The highest BCUT2D eigenvalue weighted by Crippen LogP contribution is 2.43. The van der Waals surface area contributed by atoms with Crippen LogP contribution in [0.15, 0.2) is 35.1 Å². The van der Waals surface area contributed by atoms with Gasteiger partial charge >= 0.3 is 11.7 Å². The zero-order chi connectivity index (χ0) is 19.3. The molecule has 0 aliphatic carbocycles. The van der Waals surface area contributed by atoms with Gasteiger partial charge in [-0.1, -0.05) is 30.3 Å². The summed E-state index contributed by atoms with van der Waals surface area (Å²) in [5.74, 6) is 0.391. The lowest BCUT2D eigenvalue weighted by Crippen LogP contribution is -2.46. The van der Waals surface area contributed by atoms with Crippen LogP contribution < -0.4 is 16.3 Å². The number of urea groups is 1. The first kappa shape index (κ1) is 19.2. The number of H-pyrrole nitrogens is 2. The Bertz CT molecular complexity index is 814. The highest BCUT2D eigenvalue weighted by molar-refractivity contribution is 5.73. The van der Waals surface area contributed by atoms with E-state index in [1.165, 1.54) is 5.56 Å². The third-order valence-corrected chi connectivity index (χ3v) is 5.08. The first-order valence-corrected chi connectivity index (χ1v) is 9.23. The monoisotopic (exact) mass is 373 g/mol. The van der Waals surface area contributed by atoms with Crippen LogP contribution in [0.4, 0.5) is 4.79 Å². The summed E-state index contributed by atoms with van der Waals surface area (Å²) in [5.41, 5.74) is 0.683. The fourth-order valence-corrected chi connectivity index (χ4v) is 3.90. The van der Waals surface area contributed by atoms with Crippen molar-refractivity contribution in [2.75, 3.05) is 13.2 Å². The number of aromatic nitrogens is 3. The van der Waals surface area contributed by atoms with Gasteiger partial charge in [-0.15, -0.1) is 0 Å². The number of amides is 2. The minimum atomic E-state index is -0.390. The number of nitrogens with one attached hydrogen (secondary N) is 4. The molecule has 1 aliphatic heterocycles. The smallest absolute Gasteiger partial charge is 0.340 e. The summed E-state index contributed by atoms with van der Waals surface area (Å²) in [6.45, 7) is 5.66. The zero-order valence-electron chi connectivity index (χ0n) is 15.8. The van der Waals surface area contributed by atoms with E-state index < -0.39 is 0 Å². The summed E-state index contributed by atoms with van der Waals surface area (Å²) in [6.07, 6.45) is 2.66. The number of aromatic amines is 2. The van der Waals surface area contributed by atoms with Gasteiger partial charge < -0.3 is 15.4 Å². The van der Waals surface area contributed by atoms with E-state index in [4.69, 9.17) is 4.74 Å². The van der Waals surface area contributed by atoms with Gasteiger partial charge in [0.2, 0.25) is 0 Å². The van der Waals surface area contributed by atoms with Crippen molar-refractivity contribution < 1.29 is 9.53 Å². The molecule has 2 amide bonds. The van der Waals surface area contributed by atoms with Crippen molar-refractivity contribution in [3.8, 4) is 0 Å². The Kier molecular flexibility index (Phi) is 5.65. The highest BCUT2D eigenvalue weighted by atomic mass is 16.5. The molecule has 4 N–H and O–H groups in total. The maximum Gasteiger partial charge on any atom is 0.340 e. The lowest BCUT2D eigenvalue weighted by atomic mass is 9.67. The number of nitrogens with zero attached hydrogens (tertiary/aromatic N) is 1. The number of carbonyl (C=O) groups is 1. The second-order valence-corrected chi connectivity index (χ2v) is 7.67. The molecule has 0 bridgehead atoms. The topological polar surface area (TPSA) is 112 Å². The van der Waals surface area contributed by atoms with Gasteiger partial charge in [-0.2, -0.15) is 5.10 Å². The van der Waals surface area contributed by atoms with Crippen LogP contribution in [-0.4, -0.2) is 40.0 Å². The first-order valence-electron chi connectivity index (χ1n) is 9.23. The van der Waals surface area contributed by atoms with Gasteiger partial charge in [0.25, 0.3) is 0 Å². The van der Waals surface area contributed by atoms with Gasteiger partial charge in [0.1, 0.15) is 5.82 Å². The Morgan fingerprint density at radius 2 is 2.04 bits per heavy atom. The molecule has 2 heterocycles. The van der Waals surface area contributed by atoms with Crippen LogP contribution in [0.1, 0.15) is 44.5 Å². The Hall–Kier alpha value is -2.61. The summed E-state index contributed by atoms with van der Waals surface area (Å²) >= 11 is 0. The lowest BCUT2D eigenvalue weighted by molar-refractivity contribution is -0.0838. The molecule has 1 atom stereocenters. The molecule has 146 valence electrons. The Balaban J connectivity index is 1.58. The normalized spacial score (nSPS) is 21.6. The molecule has 8 nitrogen and oxygen atoms in total. The van der Waals surface area contributed by atoms with Gasteiger partial charge in [0.15, 0.2) is 0 Å². The number of hydrogen-bond acceptors (Lipinski definition) is 4. The third kappa shape index (κ3) is 4.97. The number of benzene rings is 1. The zero-order valence-corrected chi connectivity index (χ0v) is 15.8. The van der Waals surface area contributed by atoms with E-state index in [1.807, 2.05) is 6.07 Å². The fourth-order valence-electron chi connectivity index (χ4n) is 3.90. The van der Waals surface area contributed by atoms with Gasteiger partial charge in [0, 0.05) is 18.6 Å². The van der Waals surface area contributed by atoms with E-state index in [1.54, 1.807) is 0 Å². The minimum absolute atomic E-state index is 0.0241. The summed E-state index contributed by atoms with van der Waals surface area (Å²) in [5, 5.41) is 11.6. The molecule has 0 saturated carbocycles. The molecule has 8 heteroatoms. The molecule has 0 radical (unpaired) electrons. The van der Waals surface area contributed by atoms with E-state index in [0.717, 1.165) is 19.3 Å². The van der Waals surface area contributed by atoms with E-state index in [9.17, 15) is 9.59 Å². The van der Waals surface area contributed by atoms with Crippen molar-refractivity contribution in [2.24, 2.45) is 0 Å². The maximum absolute atomic E-state index is 12.1. The Morgan fingerprint density at radius 1 is 1.26 bits per heavy atom. The summed E-state index contributed by atoms with van der Waals surface area (Å²) in [4.78, 5) is 25.5. The van der Waals surface area contributed by atoms with Crippen molar-refractivity contribution in [3.05, 3.63) is 52.2 Å². The molecule has 1 unspecified atom stereocenters. The average molecular weight is 373 g/mol. The predicted molar refractivity (Wildman–Crippen MR) is 101 cm³/mol. The second kappa shape index (κ2) is 7.96. The number of hydrogen-bond donors (Lipinski definition) is 4. The average Bonchev–Trinajstić information content (AvgIpc) is 3.05. The Labute approximate surface area is 158 Å². The SMILES string of the molecule is CC1(C)CC(CCNC(=O)NCc2n[nH]c(=O)[nH]2)(c2ccccc2)CCO1. The standard InChI is InChI=1S/C19H27N5O3/c1-18(2)13-19(9-11-27-18,14-6-4-3-5-7-14)8-10-20-16(25)21-12-15-22-17(26)24-23-15/h3-7H,8-13H2,1-2H3,(H2,20,21,25)(H2,22,23,24,26). The predicted octanol–water partition coefficient (Wildman–Crippen LogP) is 1.81. The van der Waals surface area contributed by atoms with Crippen LogP contribution in [-0.2, 0) is 16.7 Å². The molecule has 1 saturated heterocycles. The molecule has 1 fully saturated rings. The largest absolute Gasteiger partial charge is 0.376 e. The molecule has 1 aromatic carbocycles. The van der Waals surface area contributed by atoms with Crippen molar-refractivity contribution >= 4 is 6.03 Å². The van der Waals surface area contributed by atoms with Crippen LogP contribution in [0.2, 0.25) is 0 Å².